The molecule has 80 valence electrons. The summed E-state index contributed by atoms with van der Waals surface area (Å²) in [4.78, 5) is 0. The molecule has 0 spiro atoms. The van der Waals surface area contributed by atoms with Gasteiger partial charge in [-0.2, -0.15) is 0 Å². The van der Waals surface area contributed by atoms with Crippen LogP contribution in [0.4, 0.5) is 4.39 Å². The van der Waals surface area contributed by atoms with Crippen LogP contribution in [0.15, 0.2) is 36.7 Å². The van der Waals surface area contributed by atoms with E-state index in [1.54, 1.807) is 12.1 Å². The van der Waals surface area contributed by atoms with Crippen LogP contribution in [0.3, 0.4) is 0 Å². The molecule has 0 heterocycles. The third-order valence-electron chi connectivity index (χ3n) is 3.03. The summed E-state index contributed by atoms with van der Waals surface area (Å²) in [5.41, 5.74) is 0.467. The van der Waals surface area contributed by atoms with E-state index in [2.05, 4.69) is 6.58 Å². The lowest BCUT2D eigenvalue weighted by molar-refractivity contribution is 0.142. The van der Waals surface area contributed by atoms with Gasteiger partial charge in [0.2, 0.25) is 0 Å². The van der Waals surface area contributed by atoms with Crippen LogP contribution < -0.4 is 0 Å². The third-order valence-corrected chi connectivity index (χ3v) is 3.28. The molecular weight excluding hydrogens is 215 g/mol. The molecule has 1 nitrogen and oxygen atoms in total. The van der Waals surface area contributed by atoms with Crippen molar-refractivity contribution in [2.45, 2.75) is 24.4 Å². The van der Waals surface area contributed by atoms with Gasteiger partial charge in [-0.3, -0.25) is 0 Å². The zero-order valence-electron chi connectivity index (χ0n) is 8.21. The van der Waals surface area contributed by atoms with Gasteiger partial charge in [0.05, 0.1) is 0 Å². The maximum Gasteiger partial charge on any atom is 0.122 e. The van der Waals surface area contributed by atoms with Gasteiger partial charge in [-0.1, -0.05) is 30.3 Å². The Labute approximate surface area is 93.2 Å². The van der Waals surface area contributed by atoms with Crippen molar-refractivity contribution >= 4 is 11.6 Å². The first-order valence-electron chi connectivity index (χ1n) is 4.85. The second-order valence-corrected chi connectivity index (χ2v) is 4.45. The van der Waals surface area contributed by atoms with Gasteiger partial charge in [-0.15, -0.1) is 0 Å². The Hall–Kier alpha value is -0.860. The minimum absolute atomic E-state index is 0.462. The summed E-state index contributed by atoms with van der Waals surface area (Å²) < 4.78 is 12.9. The largest absolute Gasteiger partial charge is 0.385 e. The van der Waals surface area contributed by atoms with E-state index in [9.17, 15) is 9.50 Å². The fourth-order valence-electron chi connectivity index (χ4n) is 1.94. The number of aliphatic hydroxyl groups excluding tert-OH is 1. The van der Waals surface area contributed by atoms with Crippen LogP contribution in [0.25, 0.3) is 0 Å². The summed E-state index contributed by atoms with van der Waals surface area (Å²) in [5.74, 6) is -0.664. The molecule has 1 unspecified atom stereocenters. The number of hydrogen-bond acceptors (Lipinski definition) is 1. The van der Waals surface area contributed by atoms with E-state index in [-0.39, 0.29) is 0 Å². The zero-order chi connectivity index (χ0) is 11.1. The molecule has 2 rings (SSSR count). The molecule has 1 aliphatic rings. The highest BCUT2D eigenvalue weighted by atomic mass is 35.5. The minimum atomic E-state index is -1.10. The average molecular weight is 227 g/mol. The molecule has 1 aromatic carbocycles. The van der Waals surface area contributed by atoms with Gasteiger partial charge in [0.25, 0.3) is 0 Å². The first-order chi connectivity index (χ1) is 7.06. The Kier molecular flexibility index (Phi) is 2.57. The Bertz CT molecular complexity index is 381. The molecule has 0 radical (unpaired) electrons. The average Bonchev–Trinajstić information content (AvgIpc) is 2.99. The lowest BCUT2D eigenvalue weighted by atomic mass is 9.89. The molecule has 1 aliphatic carbocycles. The normalized spacial score (nSPS) is 19.7. The maximum absolute atomic E-state index is 12.9. The number of hydrogen-bond donors (Lipinski definition) is 1. The summed E-state index contributed by atoms with van der Waals surface area (Å²) in [7, 11) is 0. The molecule has 0 aliphatic heterocycles. The summed E-state index contributed by atoms with van der Waals surface area (Å²) in [5, 5.41) is 10.4. The number of aliphatic hydroxyl groups is 1. The van der Waals surface area contributed by atoms with Crippen LogP contribution in [0, 0.1) is 0 Å². The maximum atomic E-state index is 12.9. The Morgan fingerprint density at radius 1 is 1.40 bits per heavy atom. The van der Waals surface area contributed by atoms with E-state index in [0.29, 0.717) is 5.02 Å². The molecule has 3 heteroatoms. The van der Waals surface area contributed by atoms with E-state index in [1.807, 2.05) is 12.1 Å². The molecule has 1 N–H and O–H groups in total. The van der Waals surface area contributed by atoms with Crippen LogP contribution in [-0.2, 0) is 5.41 Å². The predicted molar refractivity (Wildman–Crippen MR) is 58.6 cm³/mol. The SMILES string of the molecule is C=C(F)C(O)C1(c2ccc(Cl)cc2)CC1. The van der Waals surface area contributed by atoms with Gasteiger partial charge in [-0.25, -0.2) is 4.39 Å². The standard InChI is InChI=1S/C12H12ClFO/c1-8(14)11(15)12(6-7-12)9-2-4-10(13)5-3-9/h2-5,11,15H,1,6-7H2. The Balaban J connectivity index is 2.30. The lowest BCUT2D eigenvalue weighted by Gasteiger charge is -2.20. The smallest absolute Gasteiger partial charge is 0.122 e. The topological polar surface area (TPSA) is 20.2 Å². The van der Waals surface area contributed by atoms with E-state index in [0.717, 1.165) is 18.4 Å². The van der Waals surface area contributed by atoms with E-state index in [4.69, 9.17) is 11.6 Å². The molecule has 1 aromatic rings. The number of benzene rings is 1. The summed E-state index contributed by atoms with van der Waals surface area (Å²) in [6.45, 7) is 3.16. The van der Waals surface area contributed by atoms with Gasteiger partial charge in [0, 0.05) is 10.4 Å². The molecule has 1 atom stereocenters. The molecule has 1 saturated carbocycles. The van der Waals surface area contributed by atoms with Crippen LogP contribution in [0.1, 0.15) is 18.4 Å². The van der Waals surface area contributed by atoms with Crippen LogP contribution in [0.5, 0.6) is 0 Å². The van der Waals surface area contributed by atoms with Gasteiger partial charge >= 0.3 is 0 Å². The summed E-state index contributed by atoms with van der Waals surface area (Å²) in [6, 6.07) is 7.18. The van der Waals surface area contributed by atoms with Crippen molar-refractivity contribution in [1.82, 2.24) is 0 Å². The minimum Gasteiger partial charge on any atom is -0.385 e. The Morgan fingerprint density at radius 3 is 2.33 bits per heavy atom. The van der Waals surface area contributed by atoms with Crippen molar-refractivity contribution in [2.75, 3.05) is 0 Å². The second-order valence-electron chi connectivity index (χ2n) is 4.01. The molecule has 0 saturated heterocycles. The number of rotatable bonds is 3. The fourth-order valence-corrected chi connectivity index (χ4v) is 2.06. The van der Waals surface area contributed by atoms with Crippen molar-refractivity contribution in [2.24, 2.45) is 0 Å². The summed E-state index contributed by atoms with van der Waals surface area (Å²) >= 11 is 5.77. The third kappa shape index (κ3) is 1.80. The second kappa shape index (κ2) is 3.62. The zero-order valence-corrected chi connectivity index (χ0v) is 8.97. The fraction of sp³-hybridized carbons (Fsp3) is 0.333. The Morgan fingerprint density at radius 2 is 1.93 bits per heavy atom. The summed E-state index contributed by atoms with van der Waals surface area (Å²) in [6.07, 6.45) is 0.482. The van der Waals surface area contributed by atoms with Crippen molar-refractivity contribution in [3.63, 3.8) is 0 Å². The van der Waals surface area contributed by atoms with Gasteiger partial charge in [0.1, 0.15) is 11.9 Å². The highest BCUT2D eigenvalue weighted by Crippen LogP contribution is 2.52. The molecule has 0 amide bonds. The van der Waals surface area contributed by atoms with E-state index in [1.165, 1.54) is 0 Å². The van der Waals surface area contributed by atoms with Crippen molar-refractivity contribution in [3.8, 4) is 0 Å². The van der Waals surface area contributed by atoms with Crippen molar-refractivity contribution < 1.29 is 9.50 Å². The van der Waals surface area contributed by atoms with Crippen LogP contribution in [0.2, 0.25) is 5.02 Å². The van der Waals surface area contributed by atoms with Crippen molar-refractivity contribution in [3.05, 3.63) is 47.3 Å². The van der Waals surface area contributed by atoms with Gasteiger partial charge < -0.3 is 5.11 Å². The molecule has 0 aromatic heterocycles. The first kappa shape index (κ1) is 10.7. The monoisotopic (exact) mass is 226 g/mol. The van der Waals surface area contributed by atoms with Gasteiger partial charge in [-0.05, 0) is 30.5 Å². The van der Waals surface area contributed by atoms with Crippen LogP contribution in [-0.4, -0.2) is 11.2 Å². The van der Waals surface area contributed by atoms with Crippen LogP contribution >= 0.6 is 11.6 Å². The predicted octanol–water partition coefficient (Wildman–Crippen LogP) is 3.22. The van der Waals surface area contributed by atoms with Crippen molar-refractivity contribution in [1.29, 1.82) is 0 Å². The first-order valence-corrected chi connectivity index (χ1v) is 5.22. The highest BCUT2D eigenvalue weighted by molar-refractivity contribution is 6.30. The molecule has 15 heavy (non-hydrogen) atoms. The van der Waals surface area contributed by atoms with E-state index >= 15 is 0 Å². The quantitative estimate of drug-likeness (QED) is 0.839. The molecular formula is C12H12ClFO. The molecule has 0 bridgehead atoms. The van der Waals surface area contributed by atoms with E-state index < -0.39 is 17.3 Å². The molecule has 1 fully saturated rings. The van der Waals surface area contributed by atoms with Gasteiger partial charge in [0.15, 0.2) is 0 Å². The number of halogens is 2. The lowest BCUT2D eigenvalue weighted by Crippen LogP contribution is -2.26. The highest BCUT2D eigenvalue weighted by Gasteiger charge is 2.51.